The summed E-state index contributed by atoms with van der Waals surface area (Å²) in [6.45, 7) is 1.10. The van der Waals surface area contributed by atoms with Crippen LogP contribution in [0.15, 0.2) is 18.5 Å². The molecule has 4 rings (SSSR count). The number of carbonyl (C=O) groups is 1. The Kier molecular flexibility index (Phi) is 6.45. The molecule has 2 bridgehead atoms. The fourth-order valence-corrected chi connectivity index (χ4v) is 5.90. The molecule has 180 valence electrons. The van der Waals surface area contributed by atoms with Crippen molar-refractivity contribution in [2.75, 3.05) is 0 Å². The Morgan fingerprint density at radius 1 is 1.27 bits per heavy atom. The predicted molar refractivity (Wildman–Crippen MR) is 111 cm³/mol. The van der Waals surface area contributed by atoms with Crippen molar-refractivity contribution in [3.05, 3.63) is 24.0 Å². The summed E-state index contributed by atoms with van der Waals surface area (Å²) in [6, 6.07) is 3.28. The molecule has 4 unspecified atom stereocenters. The molecule has 2 saturated heterocycles. The maximum absolute atomic E-state index is 13.7. The standard InChI is InChI=1S/C23H28F3N3O4/c1-14(23(24,25)26)22-8-6-16(29(22)21(30)31)10-19(11-22)32-17-2-4-18(5-3-17)33-20-7-9-28-13-15(20)12-27/h7,9,13-14,16-19H,2-6,8,10-11H2,1H3,(H,30,31)/t14?,16?,17-,18-,19?,22?. The summed E-state index contributed by atoms with van der Waals surface area (Å²) >= 11 is 0. The highest BCUT2D eigenvalue weighted by molar-refractivity contribution is 5.67. The molecule has 1 aromatic heterocycles. The van der Waals surface area contributed by atoms with Gasteiger partial charge in [0.1, 0.15) is 17.4 Å². The fraction of sp³-hybridized carbons (Fsp3) is 0.696. The Balaban J connectivity index is 1.38. The number of amides is 1. The van der Waals surface area contributed by atoms with Gasteiger partial charge in [0.25, 0.3) is 0 Å². The lowest BCUT2D eigenvalue weighted by Crippen LogP contribution is -2.62. The van der Waals surface area contributed by atoms with Crippen LogP contribution in [-0.4, -0.2) is 57.2 Å². The van der Waals surface area contributed by atoms with E-state index in [-0.39, 0.29) is 25.0 Å². The van der Waals surface area contributed by atoms with Gasteiger partial charge in [0.05, 0.1) is 29.8 Å². The molecule has 0 radical (unpaired) electrons. The maximum atomic E-state index is 13.7. The number of piperidine rings is 1. The average molecular weight is 467 g/mol. The third kappa shape index (κ3) is 4.60. The average Bonchev–Trinajstić information content (AvgIpc) is 3.03. The van der Waals surface area contributed by atoms with Gasteiger partial charge in [-0.2, -0.15) is 18.4 Å². The Morgan fingerprint density at radius 3 is 2.61 bits per heavy atom. The fourth-order valence-electron chi connectivity index (χ4n) is 5.90. The van der Waals surface area contributed by atoms with Crippen LogP contribution in [0.3, 0.4) is 0 Å². The van der Waals surface area contributed by atoms with E-state index in [2.05, 4.69) is 11.1 Å². The highest BCUT2D eigenvalue weighted by Crippen LogP contribution is 2.53. The molecule has 1 amide bonds. The van der Waals surface area contributed by atoms with Gasteiger partial charge in [-0.15, -0.1) is 0 Å². The topological polar surface area (TPSA) is 95.7 Å². The smallest absolute Gasteiger partial charge is 0.408 e. The number of nitrogens with zero attached hydrogens (tertiary/aromatic N) is 3. The molecule has 0 aromatic carbocycles. The van der Waals surface area contributed by atoms with Crippen molar-refractivity contribution in [2.24, 2.45) is 5.92 Å². The van der Waals surface area contributed by atoms with Crippen molar-refractivity contribution in [3.8, 4) is 11.8 Å². The Morgan fingerprint density at radius 2 is 1.97 bits per heavy atom. The van der Waals surface area contributed by atoms with Crippen molar-refractivity contribution in [3.63, 3.8) is 0 Å². The molecule has 1 aromatic rings. The van der Waals surface area contributed by atoms with Crippen LogP contribution in [0.5, 0.6) is 5.75 Å². The lowest BCUT2D eigenvalue weighted by Gasteiger charge is -2.50. The van der Waals surface area contributed by atoms with Crippen LogP contribution < -0.4 is 4.74 Å². The molecule has 1 saturated carbocycles. The number of nitriles is 1. The highest BCUT2D eigenvalue weighted by Gasteiger charge is 2.62. The molecule has 1 aliphatic carbocycles. The van der Waals surface area contributed by atoms with Gasteiger partial charge in [0, 0.05) is 18.4 Å². The minimum Gasteiger partial charge on any atom is -0.489 e. The van der Waals surface area contributed by atoms with Crippen LogP contribution in [0.4, 0.5) is 18.0 Å². The predicted octanol–water partition coefficient (Wildman–Crippen LogP) is 4.90. The maximum Gasteiger partial charge on any atom is 0.408 e. The van der Waals surface area contributed by atoms with Gasteiger partial charge in [0.2, 0.25) is 0 Å². The molecule has 10 heteroatoms. The summed E-state index contributed by atoms with van der Waals surface area (Å²) in [6.07, 6.45) is 0.646. The second kappa shape index (κ2) is 9.01. The lowest BCUT2D eigenvalue weighted by atomic mass is 9.76. The number of rotatable bonds is 5. The molecule has 33 heavy (non-hydrogen) atoms. The first-order valence-corrected chi connectivity index (χ1v) is 11.4. The van der Waals surface area contributed by atoms with E-state index in [1.165, 1.54) is 6.20 Å². The van der Waals surface area contributed by atoms with Crippen molar-refractivity contribution >= 4 is 6.09 Å². The SMILES string of the molecule is CC(C(F)(F)F)C12CCC(CC(O[C@H]3CC[C@H](Oc4ccncc4C#N)CC3)C1)N2C(=O)O. The van der Waals surface area contributed by atoms with Crippen LogP contribution in [0.2, 0.25) is 0 Å². The zero-order valence-corrected chi connectivity index (χ0v) is 18.4. The molecule has 0 spiro atoms. The van der Waals surface area contributed by atoms with Crippen molar-refractivity contribution in [1.29, 1.82) is 5.26 Å². The third-order valence-corrected chi connectivity index (χ3v) is 7.58. The number of hydrogen-bond donors (Lipinski definition) is 1. The van der Waals surface area contributed by atoms with E-state index >= 15 is 0 Å². The summed E-state index contributed by atoms with van der Waals surface area (Å²) in [5.41, 5.74) is -1.09. The van der Waals surface area contributed by atoms with E-state index in [9.17, 15) is 28.3 Å². The van der Waals surface area contributed by atoms with Gasteiger partial charge < -0.3 is 14.6 Å². The summed E-state index contributed by atoms with van der Waals surface area (Å²) in [7, 11) is 0. The van der Waals surface area contributed by atoms with Gasteiger partial charge >= 0.3 is 12.3 Å². The zero-order valence-electron chi connectivity index (χ0n) is 18.4. The largest absolute Gasteiger partial charge is 0.489 e. The van der Waals surface area contributed by atoms with Gasteiger partial charge in [-0.1, -0.05) is 6.92 Å². The molecule has 4 atom stereocenters. The van der Waals surface area contributed by atoms with E-state index in [1.807, 2.05) is 0 Å². The zero-order chi connectivity index (χ0) is 23.8. The number of hydrogen-bond acceptors (Lipinski definition) is 5. The Hall–Kier alpha value is -2.54. The molecule has 2 aliphatic heterocycles. The molecule has 3 heterocycles. The van der Waals surface area contributed by atoms with E-state index in [4.69, 9.17) is 9.47 Å². The lowest BCUT2D eigenvalue weighted by molar-refractivity contribution is -0.213. The van der Waals surface area contributed by atoms with Crippen molar-refractivity contribution in [2.45, 2.75) is 94.4 Å². The minimum absolute atomic E-state index is 0.0649. The monoisotopic (exact) mass is 467 g/mol. The van der Waals surface area contributed by atoms with Gasteiger partial charge in [-0.25, -0.2) is 4.79 Å². The second-order valence-electron chi connectivity index (χ2n) is 9.41. The summed E-state index contributed by atoms with van der Waals surface area (Å²) in [4.78, 5) is 16.8. The second-order valence-corrected chi connectivity index (χ2v) is 9.41. The van der Waals surface area contributed by atoms with Crippen LogP contribution in [0.1, 0.15) is 63.9 Å². The Bertz CT molecular complexity index is 913. The summed E-state index contributed by atoms with van der Waals surface area (Å²) < 4.78 is 53.3. The molecule has 3 fully saturated rings. The number of ether oxygens (including phenoxy) is 2. The molecule has 3 aliphatic rings. The highest BCUT2D eigenvalue weighted by atomic mass is 19.4. The van der Waals surface area contributed by atoms with Crippen molar-refractivity contribution in [1.82, 2.24) is 9.88 Å². The molecular formula is C23H28F3N3O4. The van der Waals surface area contributed by atoms with Crippen molar-refractivity contribution < 1.29 is 32.5 Å². The van der Waals surface area contributed by atoms with Crippen LogP contribution >= 0.6 is 0 Å². The molecular weight excluding hydrogens is 439 g/mol. The van der Waals surface area contributed by atoms with E-state index < -0.39 is 35.9 Å². The number of carboxylic acid groups (broad SMARTS) is 1. The van der Waals surface area contributed by atoms with Crippen LogP contribution in [0.25, 0.3) is 0 Å². The number of pyridine rings is 1. The van der Waals surface area contributed by atoms with Gasteiger partial charge in [-0.05, 0) is 57.4 Å². The number of fused-ring (bicyclic) bond motifs is 2. The van der Waals surface area contributed by atoms with E-state index in [0.29, 0.717) is 49.8 Å². The van der Waals surface area contributed by atoms with Gasteiger partial charge in [0.15, 0.2) is 0 Å². The Labute approximate surface area is 190 Å². The molecule has 7 nitrogen and oxygen atoms in total. The normalized spacial score (nSPS) is 32.8. The van der Waals surface area contributed by atoms with Crippen LogP contribution in [-0.2, 0) is 4.74 Å². The first-order chi connectivity index (χ1) is 15.6. The summed E-state index contributed by atoms with van der Waals surface area (Å²) in [5, 5.41) is 18.9. The van der Waals surface area contributed by atoms with Crippen LogP contribution in [0, 0.1) is 17.2 Å². The number of alkyl halides is 3. The van der Waals surface area contributed by atoms with E-state index in [1.54, 1.807) is 12.3 Å². The number of aromatic nitrogens is 1. The van der Waals surface area contributed by atoms with E-state index in [0.717, 1.165) is 11.8 Å². The minimum atomic E-state index is -4.48. The third-order valence-electron chi connectivity index (χ3n) is 7.58. The molecule has 1 N–H and O–H groups in total. The first-order valence-electron chi connectivity index (χ1n) is 11.4. The summed E-state index contributed by atoms with van der Waals surface area (Å²) in [5.74, 6) is -1.26. The quantitative estimate of drug-likeness (QED) is 0.662. The number of halogens is 3. The first kappa shape index (κ1) is 23.6. The van der Waals surface area contributed by atoms with Gasteiger partial charge in [-0.3, -0.25) is 9.88 Å².